The van der Waals surface area contributed by atoms with Crippen molar-refractivity contribution >= 4 is 23.2 Å². The van der Waals surface area contributed by atoms with Crippen molar-refractivity contribution in [3.63, 3.8) is 0 Å². The van der Waals surface area contributed by atoms with Crippen LogP contribution in [0.4, 0.5) is 11.4 Å². The Hall–Kier alpha value is -2.04. The highest BCUT2D eigenvalue weighted by molar-refractivity contribution is 6.01. The Morgan fingerprint density at radius 1 is 1.50 bits per heavy atom. The molecule has 0 bridgehead atoms. The smallest absolute Gasteiger partial charge is 0.267 e. The predicted molar refractivity (Wildman–Crippen MR) is 68.9 cm³/mol. The number of nitrogens with zero attached hydrogens (tertiary/aromatic N) is 1. The molecule has 1 atom stereocenters. The van der Waals surface area contributed by atoms with Gasteiger partial charge in [-0.2, -0.15) is 0 Å². The number of anilines is 2. The molecule has 1 aromatic carbocycles. The first-order valence-electron chi connectivity index (χ1n) is 5.92. The minimum absolute atomic E-state index is 0.0648. The summed E-state index contributed by atoms with van der Waals surface area (Å²) in [4.78, 5) is 24.7. The van der Waals surface area contributed by atoms with Crippen LogP contribution in [0, 0.1) is 0 Å². The second-order valence-corrected chi connectivity index (χ2v) is 4.21. The number of nitrogens with one attached hydrogen (secondary N) is 1. The van der Waals surface area contributed by atoms with Crippen molar-refractivity contribution in [1.82, 2.24) is 0 Å². The van der Waals surface area contributed by atoms with E-state index in [1.807, 2.05) is 6.92 Å². The van der Waals surface area contributed by atoms with Gasteiger partial charge in [0.05, 0.1) is 5.69 Å². The fraction of sp³-hybridized carbons (Fsp3) is 0.385. The van der Waals surface area contributed by atoms with Gasteiger partial charge in [-0.25, -0.2) is 0 Å². The van der Waals surface area contributed by atoms with Gasteiger partial charge in [-0.1, -0.05) is 0 Å². The molecule has 1 aliphatic heterocycles. The molecule has 0 radical (unpaired) electrons. The number of carbonyl (C=O) groups excluding carboxylic acids is 2. The van der Waals surface area contributed by atoms with E-state index in [0.717, 1.165) is 0 Å². The van der Waals surface area contributed by atoms with E-state index in [4.69, 9.17) is 4.74 Å². The minimum Gasteiger partial charge on any atom is -0.479 e. The molecule has 5 heteroatoms. The molecule has 0 saturated heterocycles. The summed E-state index contributed by atoms with van der Waals surface area (Å²) in [5.41, 5.74) is 1.36. The molecule has 1 heterocycles. The molecule has 5 nitrogen and oxygen atoms in total. The SMILES string of the molecule is CCN1C(=O)C(C)Oc2ccc(NC(C)=O)cc21. The third-order valence-corrected chi connectivity index (χ3v) is 2.80. The monoisotopic (exact) mass is 248 g/mol. The topological polar surface area (TPSA) is 58.6 Å². The van der Waals surface area contributed by atoms with Gasteiger partial charge in [-0.15, -0.1) is 0 Å². The van der Waals surface area contributed by atoms with Crippen molar-refractivity contribution in [3.05, 3.63) is 18.2 Å². The number of hydrogen-bond acceptors (Lipinski definition) is 3. The van der Waals surface area contributed by atoms with E-state index in [0.29, 0.717) is 23.7 Å². The lowest BCUT2D eigenvalue weighted by molar-refractivity contribution is -0.125. The van der Waals surface area contributed by atoms with Crippen molar-refractivity contribution in [3.8, 4) is 5.75 Å². The molecule has 0 aliphatic carbocycles. The second-order valence-electron chi connectivity index (χ2n) is 4.21. The van der Waals surface area contributed by atoms with Crippen LogP contribution in [0.25, 0.3) is 0 Å². The number of rotatable bonds is 2. The van der Waals surface area contributed by atoms with Gasteiger partial charge in [0, 0.05) is 19.2 Å². The van der Waals surface area contributed by atoms with Gasteiger partial charge in [0.2, 0.25) is 5.91 Å². The average molecular weight is 248 g/mol. The van der Waals surface area contributed by atoms with E-state index in [2.05, 4.69) is 5.32 Å². The first-order chi connectivity index (χ1) is 8.52. The van der Waals surface area contributed by atoms with E-state index in [9.17, 15) is 9.59 Å². The van der Waals surface area contributed by atoms with Gasteiger partial charge in [0.15, 0.2) is 6.10 Å². The third kappa shape index (κ3) is 2.16. The number of likely N-dealkylation sites (N-methyl/N-ethyl adjacent to an activating group) is 1. The minimum atomic E-state index is -0.468. The Kier molecular flexibility index (Phi) is 3.23. The molecule has 0 saturated carbocycles. The highest BCUT2D eigenvalue weighted by Gasteiger charge is 2.30. The van der Waals surface area contributed by atoms with Gasteiger partial charge < -0.3 is 15.0 Å². The van der Waals surface area contributed by atoms with Crippen molar-refractivity contribution in [2.24, 2.45) is 0 Å². The first-order valence-corrected chi connectivity index (χ1v) is 5.92. The van der Waals surface area contributed by atoms with E-state index in [-0.39, 0.29) is 11.8 Å². The number of ether oxygens (including phenoxy) is 1. The summed E-state index contributed by atoms with van der Waals surface area (Å²) in [6, 6.07) is 5.28. The average Bonchev–Trinajstić information content (AvgIpc) is 2.31. The molecule has 0 spiro atoms. The van der Waals surface area contributed by atoms with Gasteiger partial charge in [0.1, 0.15) is 5.75 Å². The van der Waals surface area contributed by atoms with Crippen LogP contribution in [0.5, 0.6) is 5.75 Å². The van der Waals surface area contributed by atoms with Crippen LogP contribution in [0.2, 0.25) is 0 Å². The van der Waals surface area contributed by atoms with E-state index in [1.165, 1.54) is 6.92 Å². The molecule has 1 aliphatic rings. The van der Waals surface area contributed by atoms with Crippen molar-refractivity contribution < 1.29 is 14.3 Å². The molecule has 0 fully saturated rings. The zero-order valence-corrected chi connectivity index (χ0v) is 10.7. The maximum absolute atomic E-state index is 12.0. The highest BCUT2D eigenvalue weighted by atomic mass is 16.5. The lowest BCUT2D eigenvalue weighted by Gasteiger charge is -2.32. The van der Waals surface area contributed by atoms with Crippen molar-refractivity contribution in [1.29, 1.82) is 0 Å². The van der Waals surface area contributed by atoms with E-state index < -0.39 is 6.10 Å². The largest absolute Gasteiger partial charge is 0.479 e. The van der Waals surface area contributed by atoms with Crippen LogP contribution >= 0.6 is 0 Å². The molecule has 2 amide bonds. The maximum Gasteiger partial charge on any atom is 0.267 e. The molecular formula is C13H16N2O3. The molecule has 96 valence electrons. The Labute approximate surface area is 106 Å². The number of benzene rings is 1. The van der Waals surface area contributed by atoms with Crippen LogP contribution in [0.3, 0.4) is 0 Å². The molecule has 0 aromatic heterocycles. The molecule has 1 unspecified atom stereocenters. The predicted octanol–water partition coefficient (Wildman–Crippen LogP) is 1.78. The molecule has 18 heavy (non-hydrogen) atoms. The first kappa shape index (κ1) is 12.4. The maximum atomic E-state index is 12.0. The van der Waals surface area contributed by atoms with Crippen LogP contribution < -0.4 is 15.0 Å². The Morgan fingerprint density at radius 3 is 2.83 bits per heavy atom. The zero-order chi connectivity index (χ0) is 13.3. The lowest BCUT2D eigenvalue weighted by Crippen LogP contribution is -2.44. The summed E-state index contributed by atoms with van der Waals surface area (Å²) >= 11 is 0. The van der Waals surface area contributed by atoms with Crippen molar-refractivity contribution in [2.75, 3.05) is 16.8 Å². The van der Waals surface area contributed by atoms with Gasteiger partial charge in [-0.05, 0) is 32.0 Å². The van der Waals surface area contributed by atoms with Gasteiger partial charge in [-0.3, -0.25) is 9.59 Å². The van der Waals surface area contributed by atoms with E-state index in [1.54, 1.807) is 30.0 Å². The number of amides is 2. The summed E-state index contributed by atoms with van der Waals surface area (Å²) in [5.74, 6) is 0.456. The summed E-state index contributed by atoms with van der Waals surface area (Å²) in [6.07, 6.45) is -0.468. The van der Waals surface area contributed by atoms with Gasteiger partial charge >= 0.3 is 0 Å². The molecular weight excluding hydrogens is 232 g/mol. The number of hydrogen-bond donors (Lipinski definition) is 1. The standard InChI is InChI=1S/C13H16N2O3/c1-4-15-11-7-10(14-9(3)16)5-6-12(11)18-8(2)13(15)17/h5-8H,4H2,1-3H3,(H,14,16). The summed E-state index contributed by atoms with van der Waals surface area (Å²) in [5, 5.41) is 2.69. The van der Waals surface area contributed by atoms with Crippen LogP contribution in [0.1, 0.15) is 20.8 Å². The summed E-state index contributed by atoms with van der Waals surface area (Å²) < 4.78 is 5.53. The highest BCUT2D eigenvalue weighted by Crippen LogP contribution is 2.36. The zero-order valence-electron chi connectivity index (χ0n) is 10.7. The Balaban J connectivity index is 2.41. The molecule has 1 N–H and O–H groups in total. The fourth-order valence-electron chi connectivity index (χ4n) is 2.01. The van der Waals surface area contributed by atoms with Crippen LogP contribution in [-0.4, -0.2) is 24.5 Å². The normalized spacial score (nSPS) is 18.1. The summed E-state index contributed by atoms with van der Waals surface area (Å²) in [6.45, 7) is 5.66. The number of fused-ring (bicyclic) bond motifs is 1. The number of carbonyl (C=O) groups is 2. The third-order valence-electron chi connectivity index (χ3n) is 2.80. The molecule has 1 aromatic rings. The van der Waals surface area contributed by atoms with Gasteiger partial charge in [0.25, 0.3) is 5.91 Å². The fourth-order valence-corrected chi connectivity index (χ4v) is 2.01. The van der Waals surface area contributed by atoms with Crippen LogP contribution in [-0.2, 0) is 9.59 Å². The molecule has 2 rings (SSSR count). The van der Waals surface area contributed by atoms with Crippen molar-refractivity contribution in [2.45, 2.75) is 26.9 Å². The Bertz CT molecular complexity index is 499. The quantitative estimate of drug-likeness (QED) is 0.867. The summed E-state index contributed by atoms with van der Waals surface area (Å²) in [7, 11) is 0. The van der Waals surface area contributed by atoms with Crippen LogP contribution in [0.15, 0.2) is 18.2 Å². The lowest BCUT2D eigenvalue weighted by atomic mass is 10.1. The second kappa shape index (κ2) is 4.68. The Morgan fingerprint density at radius 2 is 2.22 bits per heavy atom. The van der Waals surface area contributed by atoms with E-state index >= 15 is 0 Å².